The molecule has 5 nitrogen and oxygen atoms in total. The summed E-state index contributed by atoms with van der Waals surface area (Å²) in [7, 11) is 2.00. The molecule has 0 bridgehead atoms. The number of rotatable bonds is 5. The van der Waals surface area contributed by atoms with Crippen molar-refractivity contribution in [2.45, 2.75) is 39.0 Å². The quantitative estimate of drug-likeness (QED) is 0.832. The zero-order valence-electron chi connectivity index (χ0n) is 11.6. The topological polar surface area (TPSA) is 51.1 Å². The average Bonchev–Trinajstić information content (AvgIpc) is 2.39. The van der Waals surface area contributed by atoms with E-state index in [1.54, 1.807) is 0 Å². The second-order valence-electron chi connectivity index (χ2n) is 5.00. The fourth-order valence-electron chi connectivity index (χ4n) is 2.53. The van der Waals surface area contributed by atoms with Crippen LogP contribution in [0.4, 0.5) is 5.95 Å². The van der Waals surface area contributed by atoms with Crippen LogP contribution < -0.4 is 9.64 Å². The van der Waals surface area contributed by atoms with E-state index >= 15 is 0 Å². The monoisotopic (exact) mass is 284 g/mol. The first-order valence-corrected chi connectivity index (χ1v) is 7.32. The van der Waals surface area contributed by atoms with Gasteiger partial charge in [-0.05, 0) is 37.3 Å². The molecule has 2 rings (SSSR count). The molecule has 1 aromatic rings. The number of hydrogen-bond donors (Lipinski definition) is 0. The summed E-state index contributed by atoms with van der Waals surface area (Å²) in [5, 5.41) is 0.184. The first-order chi connectivity index (χ1) is 9.19. The first kappa shape index (κ1) is 14.3. The highest BCUT2D eigenvalue weighted by atomic mass is 35.5. The van der Waals surface area contributed by atoms with E-state index in [1.165, 1.54) is 32.1 Å². The molecular formula is C13H21ClN4O. The summed E-state index contributed by atoms with van der Waals surface area (Å²) in [5.41, 5.74) is 0. The maximum absolute atomic E-state index is 5.90. The fourth-order valence-corrected chi connectivity index (χ4v) is 2.67. The Labute approximate surface area is 119 Å². The van der Waals surface area contributed by atoms with Crippen LogP contribution in [0.5, 0.6) is 6.01 Å². The molecule has 19 heavy (non-hydrogen) atoms. The van der Waals surface area contributed by atoms with E-state index in [9.17, 15) is 0 Å². The summed E-state index contributed by atoms with van der Waals surface area (Å²) in [6.07, 6.45) is 6.62. The molecule has 0 saturated heterocycles. The van der Waals surface area contributed by atoms with Gasteiger partial charge < -0.3 is 9.64 Å². The van der Waals surface area contributed by atoms with Gasteiger partial charge in [0.25, 0.3) is 0 Å². The van der Waals surface area contributed by atoms with Gasteiger partial charge in [0.1, 0.15) is 0 Å². The lowest BCUT2D eigenvalue weighted by Gasteiger charge is -2.27. The zero-order valence-corrected chi connectivity index (χ0v) is 12.4. The van der Waals surface area contributed by atoms with Gasteiger partial charge in [-0.2, -0.15) is 15.0 Å². The van der Waals surface area contributed by atoms with Crippen LogP contribution >= 0.6 is 11.6 Å². The molecule has 1 aliphatic rings. The Bertz CT molecular complexity index is 410. The van der Waals surface area contributed by atoms with Crippen LogP contribution in [0.15, 0.2) is 0 Å². The maximum Gasteiger partial charge on any atom is 0.322 e. The lowest BCUT2D eigenvalue weighted by atomic mass is 9.89. The van der Waals surface area contributed by atoms with Crippen molar-refractivity contribution in [2.75, 3.05) is 25.1 Å². The standard InChI is InChI=1S/C13H21ClN4O/c1-3-19-13-16-11(14)15-12(17-13)18(2)9-10-7-5-4-6-8-10/h10H,3-9H2,1-2H3. The van der Waals surface area contributed by atoms with Gasteiger partial charge in [-0.25, -0.2) is 0 Å². The van der Waals surface area contributed by atoms with Crippen molar-refractivity contribution < 1.29 is 4.74 Å². The third kappa shape index (κ3) is 4.20. The predicted octanol–water partition coefficient (Wildman–Crippen LogP) is 2.94. The van der Waals surface area contributed by atoms with Crippen molar-refractivity contribution in [3.05, 3.63) is 5.28 Å². The highest BCUT2D eigenvalue weighted by Crippen LogP contribution is 2.25. The average molecular weight is 285 g/mol. The van der Waals surface area contributed by atoms with Crippen LogP contribution in [0.25, 0.3) is 0 Å². The van der Waals surface area contributed by atoms with E-state index in [0.29, 0.717) is 18.6 Å². The van der Waals surface area contributed by atoms with Gasteiger partial charge in [-0.1, -0.05) is 19.3 Å². The van der Waals surface area contributed by atoms with Gasteiger partial charge in [0.15, 0.2) is 0 Å². The summed E-state index contributed by atoms with van der Waals surface area (Å²) in [4.78, 5) is 14.5. The van der Waals surface area contributed by atoms with E-state index in [1.807, 2.05) is 18.9 Å². The maximum atomic E-state index is 5.90. The second kappa shape index (κ2) is 6.89. The largest absolute Gasteiger partial charge is 0.464 e. The summed E-state index contributed by atoms with van der Waals surface area (Å²) in [5.74, 6) is 1.32. The van der Waals surface area contributed by atoms with Crippen molar-refractivity contribution in [1.82, 2.24) is 15.0 Å². The smallest absolute Gasteiger partial charge is 0.322 e. The minimum atomic E-state index is 0.184. The Morgan fingerprint density at radius 2 is 1.95 bits per heavy atom. The van der Waals surface area contributed by atoms with Crippen LogP contribution in [0, 0.1) is 5.92 Å². The number of anilines is 1. The van der Waals surface area contributed by atoms with Crippen LogP contribution in [-0.4, -0.2) is 35.2 Å². The molecule has 0 aliphatic heterocycles. The van der Waals surface area contributed by atoms with Gasteiger partial charge >= 0.3 is 6.01 Å². The molecule has 0 amide bonds. The van der Waals surface area contributed by atoms with E-state index < -0.39 is 0 Å². The summed E-state index contributed by atoms with van der Waals surface area (Å²) in [6, 6.07) is 0.299. The molecule has 1 aliphatic carbocycles. The first-order valence-electron chi connectivity index (χ1n) is 6.94. The van der Waals surface area contributed by atoms with Crippen molar-refractivity contribution in [3.63, 3.8) is 0 Å². The molecule has 0 radical (unpaired) electrons. The van der Waals surface area contributed by atoms with Crippen molar-refractivity contribution in [1.29, 1.82) is 0 Å². The minimum absolute atomic E-state index is 0.184. The van der Waals surface area contributed by atoms with Gasteiger partial charge in [0.05, 0.1) is 6.61 Å². The van der Waals surface area contributed by atoms with Crippen LogP contribution in [0.1, 0.15) is 39.0 Å². The third-order valence-electron chi connectivity index (χ3n) is 3.45. The Morgan fingerprint density at radius 1 is 1.21 bits per heavy atom. The number of hydrogen-bond acceptors (Lipinski definition) is 5. The minimum Gasteiger partial charge on any atom is -0.464 e. The highest BCUT2D eigenvalue weighted by molar-refractivity contribution is 6.28. The van der Waals surface area contributed by atoms with Gasteiger partial charge in [-0.3, -0.25) is 0 Å². The molecule has 1 fully saturated rings. The number of aromatic nitrogens is 3. The van der Waals surface area contributed by atoms with Crippen molar-refractivity contribution >= 4 is 17.5 Å². The zero-order chi connectivity index (χ0) is 13.7. The highest BCUT2D eigenvalue weighted by Gasteiger charge is 2.18. The fraction of sp³-hybridized carbons (Fsp3) is 0.769. The lowest BCUT2D eigenvalue weighted by Crippen LogP contribution is -2.28. The van der Waals surface area contributed by atoms with E-state index in [0.717, 1.165) is 12.5 Å². The molecule has 0 unspecified atom stereocenters. The molecule has 1 aromatic heterocycles. The van der Waals surface area contributed by atoms with E-state index in [4.69, 9.17) is 16.3 Å². The SMILES string of the molecule is CCOc1nc(Cl)nc(N(C)CC2CCCCC2)n1. The third-order valence-corrected chi connectivity index (χ3v) is 3.62. The normalized spacial score (nSPS) is 16.4. The molecule has 6 heteroatoms. The van der Waals surface area contributed by atoms with Crippen molar-refractivity contribution in [3.8, 4) is 6.01 Å². The molecule has 0 N–H and O–H groups in total. The summed E-state index contributed by atoms with van der Waals surface area (Å²) < 4.78 is 5.29. The summed E-state index contributed by atoms with van der Waals surface area (Å²) in [6.45, 7) is 3.38. The Balaban J connectivity index is 2.02. The molecule has 1 heterocycles. The Morgan fingerprint density at radius 3 is 2.63 bits per heavy atom. The molecule has 0 atom stereocenters. The number of halogens is 1. The van der Waals surface area contributed by atoms with E-state index in [-0.39, 0.29) is 5.28 Å². The van der Waals surface area contributed by atoms with Gasteiger partial charge in [0.2, 0.25) is 11.2 Å². The Kier molecular flexibility index (Phi) is 5.19. The van der Waals surface area contributed by atoms with Crippen molar-refractivity contribution in [2.24, 2.45) is 5.92 Å². The van der Waals surface area contributed by atoms with Crippen LogP contribution in [-0.2, 0) is 0 Å². The second-order valence-corrected chi connectivity index (χ2v) is 5.34. The van der Waals surface area contributed by atoms with Gasteiger partial charge in [0, 0.05) is 13.6 Å². The van der Waals surface area contributed by atoms with Gasteiger partial charge in [-0.15, -0.1) is 0 Å². The lowest BCUT2D eigenvalue weighted by molar-refractivity contribution is 0.310. The molecular weight excluding hydrogens is 264 g/mol. The predicted molar refractivity (Wildman–Crippen MR) is 75.9 cm³/mol. The molecule has 0 aromatic carbocycles. The molecule has 106 valence electrons. The number of nitrogens with zero attached hydrogens (tertiary/aromatic N) is 4. The van der Waals surface area contributed by atoms with Crippen LogP contribution in [0.2, 0.25) is 5.28 Å². The van der Waals surface area contributed by atoms with Crippen LogP contribution in [0.3, 0.4) is 0 Å². The Hall–Kier alpha value is -1.10. The number of ether oxygens (including phenoxy) is 1. The summed E-state index contributed by atoms with van der Waals surface area (Å²) >= 11 is 5.90. The molecule has 1 saturated carbocycles. The molecule has 0 spiro atoms. The van der Waals surface area contributed by atoms with E-state index in [2.05, 4.69) is 15.0 Å².